The summed E-state index contributed by atoms with van der Waals surface area (Å²) in [5.41, 5.74) is 2.57. The predicted octanol–water partition coefficient (Wildman–Crippen LogP) is 4.02. The molecule has 3 aliphatic rings. The van der Waals surface area contributed by atoms with Gasteiger partial charge in [-0.2, -0.15) is 0 Å². The van der Waals surface area contributed by atoms with Crippen LogP contribution in [0.15, 0.2) is 42.5 Å². The predicted molar refractivity (Wildman–Crippen MR) is 143 cm³/mol. The smallest absolute Gasteiger partial charge is 0.256 e. The van der Waals surface area contributed by atoms with Gasteiger partial charge in [0.1, 0.15) is 5.75 Å². The number of nitrogens with one attached hydrogen (secondary N) is 1. The molecule has 8 nitrogen and oxygen atoms in total. The standard InChI is InChI=1S/C29H36N4O4/c1-37-24-11-8-21(9-12-24)27(34)30-23-10-13-26(25(20-23)29(36)32-14-4-5-15-32)31-16-18-33(19-17-31)28(35)22-6-2-3-7-22/h8-13,20,22H,2-7,14-19H2,1H3,(H,30,34). The van der Waals surface area contributed by atoms with E-state index in [2.05, 4.69) is 10.2 Å². The van der Waals surface area contributed by atoms with E-state index in [4.69, 9.17) is 4.74 Å². The van der Waals surface area contributed by atoms with Crippen LogP contribution in [-0.4, -0.2) is 73.9 Å². The van der Waals surface area contributed by atoms with E-state index < -0.39 is 0 Å². The minimum atomic E-state index is -0.242. The lowest BCUT2D eigenvalue weighted by Gasteiger charge is -2.38. The minimum absolute atomic E-state index is 0.00231. The van der Waals surface area contributed by atoms with Crippen LogP contribution in [-0.2, 0) is 4.79 Å². The van der Waals surface area contributed by atoms with Crippen molar-refractivity contribution in [2.24, 2.45) is 5.92 Å². The SMILES string of the molecule is COc1ccc(C(=O)Nc2ccc(N3CCN(C(=O)C4CCCC4)CC3)c(C(=O)N3CCCC3)c2)cc1. The van der Waals surface area contributed by atoms with E-state index in [-0.39, 0.29) is 17.7 Å². The van der Waals surface area contributed by atoms with E-state index in [0.717, 1.165) is 57.3 Å². The topological polar surface area (TPSA) is 82.2 Å². The highest BCUT2D eigenvalue weighted by Crippen LogP contribution is 2.30. The van der Waals surface area contributed by atoms with Gasteiger partial charge in [0.15, 0.2) is 0 Å². The average Bonchev–Trinajstić information content (AvgIpc) is 3.68. The normalized spacial score (nSPS) is 18.2. The molecule has 0 bridgehead atoms. The van der Waals surface area contributed by atoms with Gasteiger partial charge in [0.05, 0.1) is 12.7 Å². The van der Waals surface area contributed by atoms with Gasteiger partial charge in [0.25, 0.3) is 11.8 Å². The zero-order chi connectivity index (χ0) is 25.8. The van der Waals surface area contributed by atoms with Crippen molar-refractivity contribution in [1.82, 2.24) is 9.80 Å². The zero-order valence-electron chi connectivity index (χ0n) is 21.6. The lowest BCUT2D eigenvalue weighted by molar-refractivity contribution is -0.135. The number of ether oxygens (including phenoxy) is 1. The number of amides is 3. The largest absolute Gasteiger partial charge is 0.497 e. The van der Waals surface area contributed by atoms with Crippen LogP contribution in [0.1, 0.15) is 59.2 Å². The van der Waals surface area contributed by atoms with Gasteiger partial charge >= 0.3 is 0 Å². The Hall–Kier alpha value is -3.55. The summed E-state index contributed by atoms with van der Waals surface area (Å²) in [4.78, 5) is 45.4. The average molecular weight is 505 g/mol. The summed E-state index contributed by atoms with van der Waals surface area (Å²) >= 11 is 0. The molecule has 0 atom stereocenters. The Morgan fingerprint density at radius 3 is 2.14 bits per heavy atom. The molecule has 2 aliphatic heterocycles. The number of nitrogens with zero attached hydrogens (tertiary/aromatic N) is 3. The Bertz CT molecular complexity index is 1130. The molecule has 2 aromatic carbocycles. The van der Waals surface area contributed by atoms with Crippen molar-refractivity contribution in [3.63, 3.8) is 0 Å². The molecule has 8 heteroatoms. The maximum Gasteiger partial charge on any atom is 0.256 e. The first-order valence-corrected chi connectivity index (χ1v) is 13.5. The molecule has 3 fully saturated rings. The lowest BCUT2D eigenvalue weighted by Crippen LogP contribution is -2.50. The Balaban J connectivity index is 1.33. The molecule has 3 amide bonds. The molecule has 37 heavy (non-hydrogen) atoms. The number of benzene rings is 2. The Labute approximate surface area is 218 Å². The third-order valence-electron chi connectivity index (χ3n) is 7.87. The van der Waals surface area contributed by atoms with Crippen molar-refractivity contribution in [3.05, 3.63) is 53.6 Å². The Morgan fingerprint density at radius 1 is 0.811 bits per heavy atom. The summed E-state index contributed by atoms with van der Waals surface area (Å²) < 4.78 is 5.17. The number of piperazine rings is 1. The third kappa shape index (κ3) is 5.58. The van der Waals surface area contributed by atoms with Crippen LogP contribution < -0.4 is 15.0 Å². The highest BCUT2D eigenvalue weighted by molar-refractivity contribution is 6.06. The number of hydrogen-bond donors (Lipinski definition) is 1. The Kier molecular flexibility index (Phi) is 7.63. The monoisotopic (exact) mass is 504 g/mol. The van der Waals surface area contributed by atoms with E-state index in [1.165, 1.54) is 0 Å². The van der Waals surface area contributed by atoms with Crippen LogP contribution >= 0.6 is 0 Å². The number of carbonyl (C=O) groups excluding carboxylic acids is 3. The zero-order valence-corrected chi connectivity index (χ0v) is 21.6. The molecular formula is C29H36N4O4. The quantitative estimate of drug-likeness (QED) is 0.643. The van der Waals surface area contributed by atoms with Crippen molar-refractivity contribution in [2.75, 3.05) is 56.6 Å². The van der Waals surface area contributed by atoms with Gasteiger partial charge in [-0.1, -0.05) is 12.8 Å². The van der Waals surface area contributed by atoms with E-state index in [1.807, 2.05) is 21.9 Å². The number of anilines is 2. The number of likely N-dealkylation sites (tertiary alicyclic amines) is 1. The van der Waals surface area contributed by atoms with Gasteiger partial charge in [-0.05, 0) is 68.1 Å². The Morgan fingerprint density at radius 2 is 1.49 bits per heavy atom. The van der Waals surface area contributed by atoms with Gasteiger partial charge in [-0.25, -0.2) is 0 Å². The second-order valence-electron chi connectivity index (χ2n) is 10.2. The molecule has 0 spiro atoms. The second kappa shape index (κ2) is 11.2. The first-order chi connectivity index (χ1) is 18.0. The molecule has 2 aromatic rings. The highest BCUT2D eigenvalue weighted by Gasteiger charge is 2.31. The van der Waals surface area contributed by atoms with Gasteiger partial charge in [0, 0.05) is 62.1 Å². The molecule has 1 aliphatic carbocycles. The number of carbonyl (C=O) groups is 3. The van der Waals surface area contributed by atoms with Crippen molar-refractivity contribution in [1.29, 1.82) is 0 Å². The van der Waals surface area contributed by atoms with E-state index >= 15 is 0 Å². The third-order valence-corrected chi connectivity index (χ3v) is 7.87. The molecule has 2 heterocycles. The maximum absolute atomic E-state index is 13.5. The molecular weight excluding hydrogens is 468 g/mol. The second-order valence-corrected chi connectivity index (χ2v) is 10.2. The van der Waals surface area contributed by atoms with Crippen LogP contribution in [0.4, 0.5) is 11.4 Å². The minimum Gasteiger partial charge on any atom is -0.497 e. The summed E-state index contributed by atoms with van der Waals surface area (Å²) in [6.07, 6.45) is 6.35. The molecule has 1 saturated carbocycles. The molecule has 0 aromatic heterocycles. The molecule has 5 rings (SSSR count). The molecule has 2 saturated heterocycles. The first kappa shape index (κ1) is 25.1. The summed E-state index contributed by atoms with van der Waals surface area (Å²) in [5, 5.41) is 2.94. The van der Waals surface area contributed by atoms with Crippen molar-refractivity contribution in [2.45, 2.75) is 38.5 Å². The summed E-state index contributed by atoms with van der Waals surface area (Å²) in [7, 11) is 1.59. The molecule has 0 radical (unpaired) electrons. The van der Waals surface area contributed by atoms with E-state index in [0.29, 0.717) is 54.7 Å². The number of rotatable bonds is 6. The highest BCUT2D eigenvalue weighted by atomic mass is 16.5. The molecule has 196 valence electrons. The molecule has 0 unspecified atom stereocenters. The summed E-state index contributed by atoms with van der Waals surface area (Å²) in [6.45, 7) is 4.23. The van der Waals surface area contributed by atoms with E-state index in [9.17, 15) is 14.4 Å². The van der Waals surface area contributed by atoms with E-state index in [1.54, 1.807) is 37.4 Å². The fourth-order valence-electron chi connectivity index (χ4n) is 5.70. The maximum atomic E-state index is 13.5. The fourth-order valence-corrected chi connectivity index (χ4v) is 5.70. The van der Waals surface area contributed by atoms with Gasteiger partial charge < -0.3 is 24.8 Å². The number of hydrogen-bond acceptors (Lipinski definition) is 5. The van der Waals surface area contributed by atoms with Crippen LogP contribution in [0, 0.1) is 5.92 Å². The molecule has 1 N–H and O–H groups in total. The van der Waals surface area contributed by atoms with Crippen LogP contribution in [0.2, 0.25) is 0 Å². The van der Waals surface area contributed by atoms with Crippen LogP contribution in [0.25, 0.3) is 0 Å². The van der Waals surface area contributed by atoms with Gasteiger partial charge in [0.2, 0.25) is 5.91 Å². The first-order valence-electron chi connectivity index (χ1n) is 13.5. The van der Waals surface area contributed by atoms with Crippen molar-refractivity contribution in [3.8, 4) is 5.75 Å². The number of methoxy groups -OCH3 is 1. The van der Waals surface area contributed by atoms with Crippen LogP contribution in [0.3, 0.4) is 0 Å². The van der Waals surface area contributed by atoms with Crippen molar-refractivity contribution < 1.29 is 19.1 Å². The van der Waals surface area contributed by atoms with Gasteiger partial charge in [-0.15, -0.1) is 0 Å². The fraction of sp³-hybridized carbons (Fsp3) is 0.483. The van der Waals surface area contributed by atoms with Crippen LogP contribution in [0.5, 0.6) is 5.75 Å². The van der Waals surface area contributed by atoms with Crippen molar-refractivity contribution >= 4 is 29.1 Å². The lowest BCUT2D eigenvalue weighted by atomic mass is 10.1. The van der Waals surface area contributed by atoms with Gasteiger partial charge in [-0.3, -0.25) is 14.4 Å². The summed E-state index contributed by atoms with van der Waals surface area (Å²) in [6, 6.07) is 12.5. The summed E-state index contributed by atoms with van der Waals surface area (Å²) in [5.74, 6) is 0.922.